The summed E-state index contributed by atoms with van der Waals surface area (Å²) in [5.74, 6) is 0.0137. The zero-order valence-corrected chi connectivity index (χ0v) is 10.8. The smallest absolute Gasteiger partial charge is 0.192 e. The summed E-state index contributed by atoms with van der Waals surface area (Å²) < 4.78 is 0. The second kappa shape index (κ2) is 7.38. The third kappa shape index (κ3) is 4.50. The average molecular weight is 242 g/mol. The lowest BCUT2D eigenvalue weighted by Crippen LogP contribution is -2.02. The van der Waals surface area contributed by atoms with Crippen molar-refractivity contribution in [2.24, 2.45) is 0 Å². The van der Waals surface area contributed by atoms with E-state index in [4.69, 9.17) is 0 Å². The molecule has 0 radical (unpaired) electrons. The first-order valence-corrected chi connectivity index (χ1v) is 6.11. The average Bonchev–Trinajstić information content (AvgIpc) is 2.39. The monoisotopic (exact) mass is 242 g/mol. The van der Waals surface area contributed by atoms with E-state index in [2.05, 4.69) is 0 Å². The molecule has 0 spiro atoms. The lowest BCUT2D eigenvalue weighted by atomic mass is 10.0. The third-order valence-corrected chi connectivity index (χ3v) is 2.44. The minimum absolute atomic E-state index is 0.0402. The van der Waals surface area contributed by atoms with Crippen LogP contribution in [-0.2, 0) is 4.79 Å². The fourth-order valence-electron chi connectivity index (χ4n) is 1.49. The Kier molecular flexibility index (Phi) is 5.78. The van der Waals surface area contributed by atoms with Gasteiger partial charge in [-0.3, -0.25) is 9.59 Å². The van der Waals surface area contributed by atoms with Crippen molar-refractivity contribution >= 4 is 11.6 Å². The van der Waals surface area contributed by atoms with Crippen molar-refractivity contribution in [3.8, 4) is 0 Å². The molecule has 0 aliphatic rings. The summed E-state index contributed by atoms with van der Waals surface area (Å²) in [4.78, 5) is 23.2. The summed E-state index contributed by atoms with van der Waals surface area (Å²) in [6.07, 6.45) is 6.57. The number of allylic oxidation sites excluding steroid dienone is 4. The van der Waals surface area contributed by atoms with Crippen LogP contribution in [0.2, 0.25) is 0 Å². The molecule has 0 fully saturated rings. The molecule has 0 unspecified atom stereocenters. The zero-order valence-electron chi connectivity index (χ0n) is 10.8. The van der Waals surface area contributed by atoms with Crippen molar-refractivity contribution < 1.29 is 9.59 Å². The lowest BCUT2D eigenvalue weighted by molar-refractivity contribution is -0.116. The Balaban J connectivity index is 2.96. The predicted octanol–water partition coefficient (Wildman–Crippen LogP) is 3.74. The maximum atomic E-state index is 12.2. The number of benzene rings is 1. The zero-order chi connectivity index (χ0) is 13.4. The van der Waals surface area contributed by atoms with Crippen LogP contribution >= 0.6 is 0 Å². The number of carbonyl (C=O) groups excluding carboxylic acids is 2. The highest BCUT2D eigenvalue weighted by atomic mass is 16.1. The number of ketones is 2. The molecule has 0 amide bonds. The molecule has 18 heavy (non-hydrogen) atoms. The van der Waals surface area contributed by atoms with Crippen molar-refractivity contribution in [2.75, 3.05) is 0 Å². The molecule has 1 aromatic carbocycles. The van der Waals surface area contributed by atoms with Gasteiger partial charge in [-0.05, 0) is 13.3 Å². The number of Topliss-reactive ketones (excluding diaryl/α,β-unsaturated/α-hetero) is 2. The van der Waals surface area contributed by atoms with Gasteiger partial charge in [-0.25, -0.2) is 0 Å². The van der Waals surface area contributed by atoms with Gasteiger partial charge in [0.15, 0.2) is 5.78 Å². The Morgan fingerprint density at radius 2 is 1.83 bits per heavy atom. The van der Waals surface area contributed by atoms with E-state index >= 15 is 0 Å². The minimum Gasteiger partial charge on any atom is -0.300 e. The Bertz CT molecular complexity index is 467. The number of rotatable bonds is 6. The summed E-state index contributed by atoms with van der Waals surface area (Å²) in [5, 5.41) is 0. The molecule has 0 bridgehead atoms. The van der Waals surface area contributed by atoms with Crippen LogP contribution in [0.3, 0.4) is 0 Å². The first-order chi connectivity index (χ1) is 8.65. The summed E-state index contributed by atoms with van der Waals surface area (Å²) in [6.45, 7) is 3.52. The van der Waals surface area contributed by atoms with Gasteiger partial charge in [-0.2, -0.15) is 0 Å². The number of carbonyl (C=O) groups is 2. The van der Waals surface area contributed by atoms with Crippen molar-refractivity contribution in [2.45, 2.75) is 26.7 Å². The molecule has 0 saturated carbocycles. The van der Waals surface area contributed by atoms with Crippen LogP contribution in [-0.4, -0.2) is 11.6 Å². The Morgan fingerprint density at radius 1 is 1.17 bits per heavy atom. The maximum absolute atomic E-state index is 12.2. The number of hydrogen-bond donors (Lipinski definition) is 0. The second-order valence-electron chi connectivity index (χ2n) is 4.07. The van der Waals surface area contributed by atoms with E-state index in [0.717, 1.165) is 6.42 Å². The molecule has 2 nitrogen and oxygen atoms in total. The van der Waals surface area contributed by atoms with Crippen LogP contribution in [0.5, 0.6) is 0 Å². The van der Waals surface area contributed by atoms with Gasteiger partial charge in [0.25, 0.3) is 0 Å². The molecule has 1 aromatic rings. The van der Waals surface area contributed by atoms with E-state index in [0.29, 0.717) is 17.6 Å². The van der Waals surface area contributed by atoms with Gasteiger partial charge < -0.3 is 0 Å². The van der Waals surface area contributed by atoms with Gasteiger partial charge in [0, 0.05) is 17.6 Å². The summed E-state index contributed by atoms with van der Waals surface area (Å²) >= 11 is 0. The fraction of sp³-hybridized carbons (Fsp3) is 0.250. The SMILES string of the molecule is CC/C=C\C(=C/CC(C)=O)C(=O)c1ccccc1. The van der Waals surface area contributed by atoms with Gasteiger partial charge in [0.2, 0.25) is 0 Å². The number of hydrogen-bond acceptors (Lipinski definition) is 2. The van der Waals surface area contributed by atoms with E-state index in [1.165, 1.54) is 6.92 Å². The van der Waals surface area contributed by atoms with Gasteiger partial charge in [-0.1, -0.05) is 55.5 Å². The molecule has 0 saturated heterocycles. The molecule has 0 aliphatic carbocycles. The van der Waals surface area contributed by atoms with Crippen LogP contribution in [0.15, 0.2) is 54.1 Å². The van der Waals surface area contributed by atoms with Gasteiger partial charge in [-0.15, -0.1) is 0 Å². The molecule has 2 heteroatoms. The van der Waals surface area contributed by atoms with Crippen LogP contribution < -0.4 is 0 Å². The minimum atomic E-state index is -0.0402. The quantitative estimate of drug-likeness (QED) is 0.432. The Labute approximate surface area is 108 Å². The summed E-state index contributed by atoms with van der Waals surface area (Å²) in [6, 6.07) is 9.10. The van der Waals surface area contributed by atoms with E-state index in [1.807, 2.05) is 31.2 Å². The molecule has 0 atom stereocenters. The van der Waals surface area contributed by atoms with Crippen molar-refractivity contribution in [1.29, 1.82) is 0 Å². The van der Waals surface area contributed by atoms with Crippen LogP contribution in [0, 0.1) is 0 Å². The van der Waals surface area contributed by atoms with Gasteiger partial charge >= 0.3 is 0 Å². The molecule has 0 heterocycles. The fourth-order valence-corrected chi connectivity index (χ4v) is 1.49. The maximum Gasteiger partial charge on any atom is 0.192 e. The van der Waals surface area contributed by atoms with Crippen LogP contribution in [0.1, 0.15) is 37.0 Å². The second-order valence-corrected chi connectivity index (χ2v) is 4.07. The van der Waals surface area contributed by atoms with E-state index < -0.39 is 0 Å². The standard InChI is InChI=1S/C16H18O2/c1-3-4-8-15(12-11-13(2)17)16(18)14-9-6-5-7-10-14/h4-10,12H,3,11H2,1-2H3/b8-4-,15-12+. The van der Waals surface area contributed by atoms with Crippen molar-refractivity contribution in [1.82, 2.24) is 0 Å². The molecule has 0 aliphatic heterocycles. The topological polar surface area (TPSA) is 34.1 Å². The first-order valence-electron chi connectivity index (χ1n) is 6.11. The molecular weight excluding hydrogens is 224 g/mol. The van der Waals surface area contributed by atoms with E-state index in [-0.39, 0.29) is 11.6 Å². The summed E-state index contributed by atoms with van der Waals surface area (Å²) in [7, 11) is 0. The van der Waals surface area contributed by atoms with Crippen molar-refractivity contribution in [3.63, 3.8) is 0 Å². The summed E-state index contributed by atoms with van der Waals surface area (Å²) in [5.41, 5.74) is 1.23. The van der Waals surface area contributed by atoms with E-state index in [1.54, 1.807) is 24.3 Å². The van der Waals surface area contributed by atoms with Crippen LogP contribution in [0.25, 0.3) is 0 Å². The first kappa shape index (κ1) is 14.1. The molecule has 94 valence electrons. The molecule has 0 N–H and O–H groups in total. The Morgan fingerprint density at radius 3 is 2.39 bits per heavy atom. The third-order valence-electron chi connectivity index (χ3n) is 2.44. The van der Waals surface area contributed by atoms with Crippen molar-refractivity contribution in [3.05, 3.63) is 59.7 Å². The molecular formula is C16H18O2. The normalized spacial score (nSPS) is 11.8. The largest absolute Gasteiger partial charge is 0.300 e. The van der Waals surface area contributed by atoms with Gasteiger partial charge in [0.1, 0.15) is 5.78 Å². The highest BCUT2D eigenvalue weighted by molar-refractivity contribution is 6.10. The molecule has 1 rings (SSSR count). The lowest BCUT2D eigenvalue weighted by Gasteiger charge is -2.02. The Hall–Kier alpha value is -1.96. The highest BCUT2D eigenvalue weighted by Gasteiger charge is 2.09. The van der Waals surface area contributed by atoms with Gasteiger partial charge in [0.05, 0.1) is 0 Å². The predicted molar refractivity (Wildman–Crippen MR) is 73.6 cm³/mol. The van der Waals surface area contributed by atoms with E-state index in [9.17, 15) is 9.59 Å². The molecule has 0 aromatic heterocycles. The van der Waals surface area contributed by atoms with Crippen LogP contribution in [0.4, 0.5) is 0 Å². The highest BCUT2D eigenvalue weighted by Crippen LogP contribution is 2.11.